The Labute approximate surface area is 237 Å². The standard InChI is InChI=1S/C31H27Cl2N3O3/c1-2-39-25-14-12-24(13-15-25)36-29(26-8-3-4-9-27(26)31(36)38)35-23-7-5-6-21(18-23)30(37)34-17-16-20-10-11-22(32)19-28(20)33/h3-15,18-19,29,35H,2,16-17H2,1H3,(H,34,37). The van der Waals surface area contributed by atoms with Gasteiger partial charge in [-0.15, -0.1) is 0 Å². The van der Waals surface area contributed by atoms with Gasteiger partial charge in [0.1, 0.15) is 11.9 Å². The summed E-state index contributed by atoms with van der Waals surface area (Å²) in [5.74, 6) is 0.448. The lowest BCUT2D eigenvalue weighted by atomic mass is 10.1. The summed E-state index contributed by atoms with van der Waals surface area (Å²) in [6.45, 7) is 2.92. The molecule has 0 bridgehead atoms. The number of ether oxygens (including phenoxy) is 1. The quantitative estimate of drug-likeness (QED) is 0.228. The molecular formula is C31H27Cl2N3O3. The molecule has 1 unspecified atom stereocenters. The first-order chi connectivity index (χ1) is 18.9. The molecule has 0 radical (unpaired) electrons. The van der Waals surface area contributed by atoms with Crippen LogP contribution in [-0.4, -0.2) is 25.0 Å². The number of fused-ring (bicyclic) bond motifs is 1. The highest BCUT2D eigenvalue weighted by molar-refractivity contribution is 6.35. The van der Waals surface area contributed by atoms with E-state index in [1.165, 1.54) is 0 Å². The number of rotatable bonds is 9. The molecule has 8 heteroatoms. The van der Waals surface area contributed by atoms with Crippen LogP contribution in [0.2, 0.25) is 10.0 Å². The number of amides is 2. The Hall–Kier alpha value is -4.00. The predicted molar refractivity (Wildman–Crippen MR) is 156 cm³/mol. The normalized spacial score (nSPS) is 14.2. The second-order valence-corrected chi connectivity index (χ2v) is 9.90. The summed E-state index contributed by atoms with van der Waals surface area (Å²) in [5.41, 5.74) is 4.38. The molecule has 1 heterocycles. The maximum absolute atomic E-state index is 13.4. The Morgan fingerprint density at radius 1 is 0.949 bits per heavy atom. The summed E-state index contributed by atoms with van der Waals surface area (Å²) < 4.78 is 5.56. The molecular weight excluding hydrogens is 533 g/mol. The molecule has 4 aromatic carbocycles. The number of carbonyl (C=O) groups is 2. The minimum absolute atomic E-state index is 0.0954. The van der Waals surface area contributed by atoms with E-state index in [1.807, 2.05) is 73.7 Å². The van der Waals surface area contributed by atoms with Crippen LogP contribution in [0.1, 0.15) is 44.9 Å². The number of carbonyl (C=O) groups excluding carboxylic acids is 2. The highest BCUT2D eigenvalue weighted by Gasteiger charge is 2.37. The van der Waals surface area contributed by atoms with Gasteiger partial charge in [0.05, 0.1) is 6.61 Å². The predicted octanol–water partition coefficient (Wildman–Crippen LogP) is 7.14. The SMILES string of the molecule is CCOc1ccc(N2C(=O)c3ccccc3C2Nc2cccc(C(=O)NCCc3ccc(Cl)cc3Cl)c2)cc1. The van der Waals surface area contributed by atoms with E-state index >= 15 is 0 Å². The molecule has 0 aliphatic carbocycles. The lowest BCUT2D eigenvalue weighted by Gasteiger charge is -2.27. The zero-order valence-corrected chi connectivity index (χ0v) is 22.8. The third-order valence-corrected chi connectivity index (χ3v) is 7.10. The Kier molecular flexibility index (Phi) is 8.05. The Morgan fingerprint density at radius 3 is 2.51 bits per heavy atom. The Morgan fingerprint density at radius 2 is 1.74 bits per heavy atom. The third-order valence-electron chi connectivity index (χ3n) is 6.51. The molecule has 2 N–H and O–H groups in total. The number of anilines is 2. The van der Waals surface area contributed by atoms with Crippen LogP contribution in [-0.2, 0) is 6.42 Å². The van der Waals surface area contributed by atoms with Gasteiger partial charge in [0, 0.05) is 44.7 Å². The van der Waals surface area contributed by atoms with Gasteiger partial charge in [-0.05, 0) is 79.6 Å². The van der Waals surface area contributed by atoms with Crippen LogP contribution in [0.15, 0.2) is 91.0 Å². The van der Waals surface area contributed by atoms with Crippen LogP contribution in [0.25, 0.3) is 0 Å². The molecule has 0 aromatic heterocycles. The van der Waals surface area contributed by atoms with Gasteiger partial charge in [0.2, 0.25) is 0 Å². The monoisotopic (exact) mass is 559 g/mol. The number of nitrogens with zero attached hydrogens (tertiary/aromatic N) is 1. The van der Waals surface area contributed by atoms with E-state index in [0.717, 1.165) is 22.6 Å². The van der Waals surface area contributed by atoms with Gasteiger partial charge in [-0.1, -0.05) is 53.5 Å². The molecule has 1 aliphatic rings. The number of hydrogen-bond donors (Lipinski definition) is 2. The highest BCUT2D eigenvalue weighted by atomic mass is 35.5. The summed E-state index contributed by atoms with van der Waals surface area (Å²) in [5, 5.41) is 7.57. The molecule has 1 aliphatic heterocycles. The van der Waals surface area contributed by atoms with E-state index in [4.69, 9.17) is 27.9 Å². The molecule has 0 saturated heterocycles. The fourth-order valence-electron chi connectivity index (χ4n) is 4.64. The number of benzene rings is 4. The average molecular weight is 560 g/mol. The number of hydrogen-bond acceptors (Lipinski definition) is 4. The average Bonchev–Trinajstić information content (AvgIpc) is 3.22. The van der Waals surface area contributed by atoms with E-state index in [-0.39, 0.29) is 11.8 Å². The molecule has 4 aromatic rings. The minimum atomic E-state index is -0.447. The van der Waals surface area contributed by atoms with Crippen molar-refractivity contribution >= 4 is 46.4 Å². The van der Waals surface area contributed by atoms with Gasteiger partial charge < -0.3 is 15.4 Å². The lowest BCUT2D eigenvalue weighted by molar-refractivity contribution is 0.0952. The smallest absolute Gasteiger partial charge is 0.260 e. The summed E-state index contributed by atoms with van der Waals surface area (Å²) in [4.78, 5) is 28.1. The molecule has 2 amide bonds. The maximum atomic E-state index is 13.4. The van der Waals surface area contributed by atoms with Crippen molar-refractivity contribution in [2.24, 2.45) is 0 Å². The fraction of sp³-hybridized carbons (Fsp3) is 0.161. The Bertz CT molecular complexity index is 1510. The molecule has 5 rings (SSSR count). The van der Waals surface area contributed by atoms with Crippen LogP contribution in [0.5, 0.6) is 5.75 Å². The van der Waals surface area contributed by atoms with Crippen molar-refractivity contribution in [1.29, 1.82) is 0 Å². The minimum Gasteiger partial charge on any atom is -0.494 e. The van der Waals surface area contributed by atoms with Gasteiger partial charge in [-0.3, -0.25) is 14.5 Å². The molecule has 0 saturated carbocycles. The first-order valence-electron chi connectivity index (χ1n) is 12.7. The molecule has 6 nitrogen and oxygen atoms in total. The Balaban J connectivity index is 1.33. The lowest BCUT2D eigenvalue weighted by Crippen LogP contribution is -2.32. The van der Waals surface area contributed by atoms with E-state index < -0.39 is 6.17 Å². The van der Waals surface area contributed by atoms with E-state index in [0.29, 0.717) is 46.4 Å². The molecule has 0 fully saturated rings. The first-order valence-corrected chi connectivity index (χ1v) is 13.4. The van der Waals surface area contributed by atoms with Crippen LogP contribution in [0.3, 0.4) is 0 Å². The van der Waals surface area contributed by atoms with Gasteiger partial charge in [-0.2, -0.15) is 0 Å². The molecule has 39 heavy (non-hydrogen) atoms. The molecule has 1 atom stereocenters. The maximum Gasteiger partial charge on any atom is 0.260 e. The summed E-state index contributed by atoms with van der Waals surface area (Å²) in [6, 6.07) is 27.6. The van der Waals surface area contributed by atoms with Gasteiger partial charge >= 0.3 is 0 Å². The zero-order chi connectivity index (χ0) is 27.4. The second-order valence-electron chi connectivity index (χ2n) is 9.06. The summed E-state index contributed by atoms with van der Waals surface area (Å²) in [6.07, 6.45) is 0.134. The zero-order valence-electron chi connectivity index (χ0n) is 21.3. The van der Waals surface area contributed by atoms with Gasteiger partial charge in [0.25, 0.3) is 11.8 Å². The summed E-state index contributed by atoms with van der Waals surface area (Å²) >= 11 is 12.2. The van der Waals surface area contributed by atoms with Gasteiger partial charge in [0.15, 0.2) is 0 Å². The highest BCUT2D eigenvalue weighted by Crippen LogP contribution is 2.38. The van der Waals surface area contributed by atoms with Crippen molar-refractivity contribution in [3.8, 4) is 5.75 Å². The van der Waals surface area contributed by atoms with Crippen molar-refractivity contribution in [3.05, 3.63) is 123 Å². The molecule has 0 spiro atoms. The van der Waals surface area contributed by atoms with E-state index in [2.05, 4.69) is 10.6 Å². The van der Waals surface area contributed by atoms with Crippen LogP contribution >= 0.6 is 23.2 Å². The largest absolute Gasteiger partial charge is 0.494 e. The van der Waals surface area contributed by atoms with Crippen molar-refractivity contribution in [2.75, 3.05) is 23.4 Å². The topological polar surface area (TPSA) is 70.7 Å². The van der Waals surface area contributed by atoms with Crippen molar-refractivity contribution in [2.45, 2.75) is 19.5 Å². The van der Waals surface area contributed by atoms with Crippen LogP contribution < -0.4 is 20.3 Å². The van der Waals surface area contributed by atoms with Crippen molar-refractivity contribution < 1.29 is 14.3 Å². The van der Waals surface area contributed by atoms with Crippen LogP contribution in [0, 0.1) is 0 Å². The van der Waals surface area contributed by atoms with Crippen LogP contribution in [0.4, 0.5) is 11.4 Å². The van der Waals surface area contributed by atoms with E-state index in [9.17, 15) is 9.59 Å². The van der Waals surface area contributed by atoms with Gasteiger partial charge in [-0.25, -0.2) is 0 Å². The second kappa shape index (κ2) is 11.8. The summed E-state index contributed by atoms with van der Waals surface area (Å²) in [7, 11) is 0. The molecule has 198 valence electrons. The number of nitrogens with one attached hydrogen (secondary N) is 2. The first kappa shape index (κ1) is 26.6. The third kappa shape index (κ3) is 5.87. The fourth-order valence-corrected chi connectivity index (χ4v) is 5.14. The van der Waals surface area contributed by atoms with Crippen molar-refractivity contribution in [3.63, 3.8) is 0 Å². The number of halogens is 2. The van der Waals surface area contributed by atoms with Crippen molar-refractivity contribution in [1.82, 2.24) is 5.32 Å². The van der Waals surface area contributed by atoms with E-state index in [1.54, 1.807) is 29.2 Å².